The maximum atomic E-state index is 12.7. The van der Waals surface area contributed by atoms with Gasteiger partial charge in [-0.15, -0.1) is 0 Å². The average molecular weight is 232 g/mol. The van der Waals surface area contributed by atoms with Gasteiger partial charge in [0.25, 0.3) is 0 Å². The number of nitriles is 1. The second kappa shape index (κ2) is 4.96. The first kappa shape index (κ1) is 11.6. The van der Waals surface area contributed by atoms with Crippen molar-refractivity contribution in [3.05, 3.63) is 35.6 Å². The third kappa shape index (κ3) is 2.82. The number of hydrogen-bond acceptors (Lipinski definition) is 2. The molecular formula is C13H13FN2O. The van der Waals surface area contributed by atoms with Gasteiger partial charge in [0.15, 0.2) is 0 Å². The van der Waals surface area contributed by atoms with E-state index in [-0.39, 0.29) is 17.6 Å². The van der Waals surface area contributed by atoms with Crippen LogP contribution >= 0.6 is 0 Å². The quantitative estimate of drug-likeness (QED) is 0.796. The third-order valence-corrected chi connectivity index (χ3v) is 2.98. The Morgan fingerprint density at radius 1 is 1.41 bits per heavy atom. The fraction of sp³-hybridized carbons (Fsp3) is 0.385. The summed E-state index contributed by atoms with van der Waals surface area (Å²) < 4.78 is 12.7. The van der Waals surface area contributed by atoms with Crippen LogP contribution in [-0.2, 0) is 11.2 Å². The van der Waals surface area contributed by atoms with Gasteiger partial charge in [-0.3, -0.25) is 4.79 Å². The Kier molecular flexibility index (Phi) is 3.38. The first-order valence-corrected chi connectivity index (χ1v) is 5.61. The molecule has 1 aliphatic heterocycles. The van der Waals surface area contributed by atoms with Crippen molar-refractivity contribution in [2.45, 2.75) is 12.8 Å². The summed E-state index contributed by atoms with van der Waals surface area (Å²) in [5.41, 5.74) is 1.000. The van der Waals surface area contributed by atoms with Crippen LogP contribution in [0.2, 0.25) is 0 Å². The Hall–Kier alpha value is -1.89. The van der Waals surface area contributed by atoms with E-state index in [1.54, 1.807) is 17.0 Å². The van der Waals surface area contributed by atoms with Crippen molar-refractivity contribution in [3.8, 4) is 6.07 Å². The lowest BCUT2D eigenvalue weighted by molar-refractivity contribution is -0.127. The molecule has 0 N–H and O–H groups in total. The molecule has 1 fully saturated rings. The molecule has 0 saturated carbocycles. The number of benzene rings is 1. The molecule has 0 spiro atoms. The Balaban J connectivity index is 1.89. The Bertz CT molecular complexity index is 449. The largest absolute Gasteiger partial charge is 0.341 e. The number of halogens is 1. The molecule has 0 radical (unpaired) electrons. The summed E-state index contributed by atoms with van der Waals surface area (Å²) in [4.78, 5) is 13.2. The monoisotopic (exact) mass is 232 g/mol. The minimum Gasteiger partial charge on any atom is -0.341 e. The van der Waals surface area contributed by atoms with Gasteiger partial charge in [0, 0.05) is 19.5 Å². The van der Waals surface area contributed by atoms with Gasteiger partial charge in [0.2, 0.25) is 5.91 Å². The van der Waals surface area contributed by atoms with Crippen LogP contribution in [0.5, 0.6) is 0 Å². The molecule has 17 heavy (non-hydrogen) atoms. The molecular weight excluding hydrogens is 219 g/mol. The van der Waals surface area contributed by atoms with E-state index < -0.39 is 0 Å². The van der Waals surface area contributed by atoms with Crippen molar-refractivity contribution in [3.63, 3.8) is 0 Å². The molecule has 2 rings (SSSR count). The first-order chi connectivity index (χ1) is 8.19. The van der Waals surface area contributed by atoms with Crippen molar-refractivity contribution >= 4 is 5.91 Å². The van der Waals surface area contributed by atoms with Crippen LogP contribution in [0.15, 0.2) is 24.3 Å². The van der Waals surface area contributed by atoms with Crippen LogP contribution in [0, 0.1) is 23.1 Å². The van der Waals surface area contributed by atoms with E-state index >= 15 is 0 Å². The molecule has 0 aromatic heterocycles. The number of nitrogens with zero attached hydrogens (tertiary/aromatic N) is 2. The number of rotatable bonds is 3. The van der Waals surface area contributed by atoms with Crippen LogP contribution < -0.4 is 0 Å². The van der Waals surface area contributed by atoms with Gasteiger partial charge in [-0.25, -0.2) is 4.39 Å². The predicted octanol–water partition coefficient (Wildman–Crippen LogP) is 1.74. The summed E-state index contributed by atoms with van der Waals surface area (Å²) in [5, 5.41) is 8.75. The highest BCUT2D eigenvalue weighted by Gasteiger charge is 2.28. The zero-order chi connectivity index (χ0) is 12.3. The maximum Gasteiger partial charge on any atom is 0.224 e. The minimum atomic E-state index is -0.254. The van der Waals surface area contributed by atoms with Gasteiger partial charge < -0.3 is 4.90 Å². The summed E-state index contributed by atoms with van der Waals surface area (Å²) in [6, 6.07) is 8.39. The van der Waals surface area contributed by atoms with Crippen molar-refractivity contribution in [1.29, 1.82) is 5.26 Å². The fourth-order valence-corrected chi connectivity index (χ4v) is 1.99. The van der Waals surface area contributed by atoms with Crippen molar-refractivity contribution < 1.29 is 9.18 Å². The average Bonchev–Trinajstić information content (AvgIpc) is 2.69. The van der Waals surface area contributed by atoms with Crippen LogP contribution in [0.25, 0.3) is 0 Å². The standard InChI is InChI=1S/C13H13FN2O/c14-12-3-1-10(2-4-12)5-6-16-9-11(8-15)7-13(16)17/h1-4,11H,5-7,9H2. The maximum absolute atomic E-state index is 12.7. The molecule has 1 heterocycles. The molecule has 0 bridgehead atoms. The van der Waals surface area contributed by atoms with E-state index in [0.29, 0.717) is 25.9 Å². The van der Waals surface area contributed by atoms with Crippen LogP contribution in [-0.4, -0.2) is 23.9 Å². The lowest BCUT2D eigenvalue weighted by atomic mass is 10.1. The highest BCUT2D eigenvalue weighted by molar-refractivity contribution is 5.79. The van der Waals surface area contributed by atoms with E-state index in [0.717, 1.165) is 5.56 Å². The molecule has 1 aromatic carbocycles. The van der Waals surface area contributed by atoms with Crippen LogP contribution in [0.1, 0.15) is 12.0 Å². The van der Waals surface area contributed by atoms with E-state index in [9.17, 15) is 9.18 Å². The topological polar surface area (TPSA) is 44.1 Å². The summed E-state index contributed by atoms with van der Waals surface area (Å²) in [7, 11) is 0. The highest BCUT2D eigenvalue weighted by Crippen LogP contribution is 2.17. The SMILES string of the molecule is N#CC1CC(=O)N(CCc2ccc(F)cc2)C1. The molecule has 0 aliphatic carbocycles. The Morgan fingerprint density at radius 3 is 2.71 bits per heavy atom. The number of likely N-dealkylation sites (tertiary alicyclic amines) is 1. The normalized spacial score (nSPS) is 19.4. The zero-order valence-corrected chi connectivity index (χ0v) is 9.40. The van der Waals surface area contributed by atoms with Crippen molar-refractivity contribution in [1.82, 2.24) is 4.90 Å². The van der Waals surface area contributed by atoms with E-state index in [1.807, 2.05) is 0 Å². The number of hydrogen-bond donors (Lipinski definition) is 0. The van der Waals surface area contributed by atoms with Crippen molar-refractivity contribution in [2.24, 2.45) is 5.92 Å². The van der Waals surface area contributed by atoms with Gasteiger partial charge in [0.05, 0.1) is 12.0 Å². The highest BCUT2D eigenvalue weighted by atomic mass is 19.1. The molecule has 1 amide bonds. The fourth-order valence-electron chi connectivity index (χ4n) is 1.99. The molecule has 1 saturated heterocycles. The molecule has 1 unspecified atom stereocenters. The van der Waals surface area contributed by atoms with Gasteiger partial charge in [-0.2, -0.15) is 5.26 Å². The van der Waals surface area contributed by atoms with Gasteiger partial charge >= 0.3 is 0 Å². The lowest BCUT2D eigenvalue weighted by Crippen LogP contribution is -2.27. The summed E-state index contributed by atoms with van der Waals surface area (Å²) in [6.07, 6.45) is 1.03. The Labute approximate surface area is 99.5 Å². The first-order valence-electron chi connectivity index (χ1n) is 5.61. The number of carbonyl (C=O) groups is 1. The van der Waals surface area contributed by atoms with Gasteiger partial charge in [-0.05, 0) is 24.1 Å². The number of carbonyl (C=O) groups excluding carboxylic acids is 1. The molecule has 1 atom stereocenters. The van der Waals surface area contributed by atoms with Gasteiger partial charge in [0.1, 0.15) is 5.82 Å². The summed E-state index contributed by atoms with van der Waals surface area (Å²) >= 11 is 0. The van der Waals surface area contributed by atoms with E-state index in [1.165, 1.54) is 12.1 Å². The molecule has 1 aromatic rings. The Morgan fingerprint density at radius 2 is 2.12 bits per heavy atom. The van der Waals surface area contributed by atoms with E-state index in [2.05, 4.69) is 6.07 Å². The molecule has 1 aliphatic rings. The second-order valence-electron chi connectivity index (χ2n) is 4.25. The minimum absolute atomic E-state index is 0.0404. The second-order valence-corrected chi connectivity index (χ2v) is 4.25. The molecule has 4 heteroatoms. The third-order valence-electron chi connectivity index (χ3n) is 2.98. The van der Waals surface area contributed by atoms with Crippen molar-refractivity contribution in [2.75, 3.05) is 13.1 Å². The molecule has 88 valence electrons. The summed E-state index contributed by atoms with van der Waals surface area (Å²) in [6.45, 7) is 1.12. The molecule has 3 nitrogen and oxygen atoms in total. The van der Waals surface area contributed by atoms with Crippen LogP contribution in [0.3, 0.4) is 0 Å². The summed E-state index contributed by atoms with van der Waals surface area (Å²) in [5.74, 6) is -0.384. The smallest absolute Gasteiger partial charge is 0.224 e. The van der Waals surface area contributed by atoms with Crippen LogP contribution in [0.4, 0.5) is 4.39 Å². The number of amides is 1. The van der Waals surface area contributed by atoms with Gasteiger partial charge in [-0.1, -0.05) is 12.1 Å². The zero-order valence-electron chi connectivity index (χ0n) is 9.40. The van der Waals surface area contributed by atoms with E-state index in [4.69, 9.17) is 5.26 Å². The predicted molar refractivity (Wildman–Crippen MR) is 60.4 cm³/mol. The lowest BCUT2D eigenvalue weighted by Gasteiger charge is -2.15.